The molecule has 1 amide bonds. The van der Waals surface area contributed by atoms with Crippen LogP contribution in [0.25, 0.3) is 0 Å². The molecule has 1 aromatic rings. The molecule has 2 saturated heterocycles. The van der Waals surface area contributed by atoms with Crippen LogP contribution in [0.1, 0.15) is 44.2 Å². The number of carbonyl (C=O) groups excluding carboxylic acids is 1. The SMILES string of the molecule is CCNC(=NCC(=O)N1CCCC1)NCC(c1cccc(OC)c1)N1CCCC1.I. The Labute approximate surface area is 197 Å². The van der Waals surface area contributed by atoms with E-state index in [-0.39, 0.29) is 42.5 Å². The Balaban J connectivity index is 0.00000320. The maximum Gasteiger partial charge on any atom is 0.244 e. The fourth-order valence-corrected chi connectivity index (χ4v) is 4.11. The van der Waals surface area contributed by atoms with E-state index in [0.717, 1.165) is 57.9 Å². The van der Waals surface area contributed by atoms with Gasteiger partial charge < -0.3 is 20.3 Å². The number of hydrogen-bond donors (Lipinski definition) is 2. The average Bonchev–Trinajstić information content (AvgIpc) is 3.46. The van der Waals surface area contributed by atoms with Crippen molar-refractivity contribution in [2.75, 3.05) is 52.9 Å². The van der Waals surface area contributed by atoms with Gasteiger partial charge in [-0.15, -0.1) is 24.0 Å². The van der Waals surface area contributed by atoms with Crippen LogP contribution in [0.5, 0.6) is 5.75 Å². The second-order valence-electron chi connectivity index (χ2n) is 7.70. The summed E-state index contributed by atoms with van der Waals surface area (Å²) in [6, 6.07) is 8.55. The van der Waals surface area contributed by atoms with Crippen molar-refractivity contribution in [1.82, 2.24) is 20.4 Å². The number of benzene rings is 1. The minimum Gasteiger partial charge on any atom is -0.497 e. The highest BCUT2D eigenvalue weighted by atomic mass is 127. The number of halogens is 1. The van der Waals surface area contributed by atoms with Crippen LogP contribution in [-0.2, 0) is 4.79 Å². The molecule has 1 aromatic carbocycles. The summed E-state index contributed by atoms with van der Waals surface area (Å²) in [4.78, 5) is 21.3. The molecular weight excluding hydrogens is 493 g/mol. The number of ether oxygens (including phenoxy) is 1. The summed E-state index contributed by atoms with van der Waals surface area (Å²) >= 11 is 0. The van der Waals surface area contributed by atoms with Gasteiger partial charge in [0.15, 0.2) is 5.96 Å². The first-order chi connectivity index (χ1) is 14.2. The van der Waals surface area contributed by atoms with Crippen molar-refractivity contribution in [3.63, 3.8) is 0 Å². The second kappa shape index (κ2) is 13.0. The third-order valence-corrected chi connectivity index (χ3v) is 5.70. The summed E-state index contributed by atoms with van der Waals surface area (Å²) in [5.74, 6) is 1.69. The van der Waals surface area contributed by atoms with Crippen LogP contribution in [0.2, 0.25) is 0 Å². The molecular formula is C22H36IN5O2. The highest BCUT2D eigenvalue weighted by molar-refractivity contribution is 14.0. The van der Waals surface area contributed by atoms with Gasteiger partial charge in [-0.1, -0.05) is 12.1 Å². The molecule has 168 valence electrons. The summed E-state index contributed by atoms with van der Waals surface area (Å²) < 4.78 is 5.43. The van der Waals surface area contributed by atoms with Crippen LogP contribution >= 0.6 is 24.0 Å². The molecule has 0 aromatic heterocycles. The molecule has 2 fully saturated rings. The summed E-state index contributed by atoms with van der Waals surface area (Å²) in [6.07, 6.45) is 4.68. The number of likely N-dealkylation sites (tertiary alicyclic amines) is 2. The van der Waals surface area contributed by atoms with Gasteiger partial charge in [-0.3, -0.25) is 9.69 Å². The van der Waals surface area contributed by atoms with Crippen molar-refractivity contribution in [3.8, 4) is 5.75 Å². The minimum atomic E-state index is 0. The van der Waals surface area contributed by atoms with Gasteiger partial charge in [-0.05, 0) is 63.4 Å². The van der Waals surface area contributed by atoms with Crippen LogP contribution in [0.3, 0.4) is 0 Å². The second-order valence-corrected chi connectivity index (χ2v) is 7.70. The van der Waals surface area contributed by atoms with Gasteiger partial charge >= 0.3 is 0 Å². The molecule has 0 aliphatic carbocycles. The van der Waals surface area contributed by atoms with Crippen LogP contribution in [0.15, 0.2) is 29.3 Å². The average molecular weight is 529 g/mol. The molecule has 0 spiro atoms. The lowest BCUT2D eigenvalue weighted by Crippen LogP contribution is -2.43. The normalized spacial score (nSPS) is 18.1. The Hall–Kier alpha value is -1.55. The molecule has 0 saturated carbocycles. The summed E-state index contributed by atoms with van der Waals surface area (Å²) in [6.45, 7) is 7.67. The Morgan fingerprint density at radius 2 is 1.83 bits per heavy atom. The fraction of sp³-hybridized carbons (Fsp3) is 0.636. The first kappa shape index (κ1) is 24.7. The van der Waals surface area contributed by atoms with E-state index in [1.165, 1.54) is 18.4 Å². The van der Waals surface area contributed by atoms with E-state index in [1.54, 1.807) is 7.11 Å². The van der Waals surface area contributed by atoms with Crippen molar-refractivity contribution < 1.29 is 9.53 Å². The zero-order valence-corrected chi connectivity index (χ0v) is 20.6. The molecule has 2 N–H and O–H groups in total. The van der Waals surface area contributed by atoms with E-state index >= 15 is 0 Å². The molecule has 7 nitrogen and oxygen atoms in total. The molecule has 0 bridgehead atoms. The standard InChI is InChI=1S/C22H35N5O2.HI/c1-3-23-22(25-17-21(28)27-13-6-7-14-27)24-16-20(26-11-4-5-12-26)18-9-8-10-19(15-18)29-2;/h8-10,15,20H,3-7,11-14,16-17H2,1-2H3,(H2,23,24,25);1H. The molecule has 0 radical (unpaired) electrons. The lowest BCUT2D eigenvalue weighted by atomic mass is 10.1. The molecule has 8 heteroatoms. The van der Waals surface area contributed by atoms with E-state index < -0.39 is 0 Å². The molecule has 1 unspecified atom stereocenters. The summed E-state index contributed by atoms with van der Waals surface area (Å²) in [7, 11) is 1.70. The molecule has 3 rings (SSSR count). The van der Waals surface area contributed by atoms with Gasteiger partial charge in [-0.25, -0.2) is 4.99 Å². The Morgan fingerprint density at radius 1 is 1.13 bits per heavy atom. The number of amides is 1. The van der Waals surface area contributed by atoms with Gasteiger partial charge in [0.05, 0.1) is 13.2 Å². The summed E-state index contributed by atoms with van der Waals surface area (Å²) in [5.41, 5.74) is 1.24. The van der Waals surface area contributed by atoms with E-state index in [4.69, 9.17) is 4.74 Å². The first-order valence-corrected chi connectivity index (χ1v) is 10.9. The number of guanidine groups is 1. The van der Waals surface area contributed by atoms with E-state index in [9.17, 15) is 4.79 Å². The number of carbonyl (C=O) groups is 1. The molecule has 1 atom stereocenters. The summed E-state index contributed by atoms with van der Waals surface area (Å²) in [5, 5.41) is 6.74. The van der Waals surface area contributed by atoms with Gasteiger partial charge in [0.2, 0.25) is 5.91 Å². The largest absolute Gasteiger partial charge is 0.497 e. The number of rotatable bonds is 8. The lowest BCUT2D eigenvalue weighted by molar-refractivity contribution is -0.128. The van der Waals surface area contributed by atoms with Crippen molar-refractivity contribution in [2.24, 2.45) is 4.99 Å². The minimum absolute atomic E-state index is 0. The maximum absolute atomic E-state index is 12.3. The Kier molecular flexibility index (Phi) is 10.7. The van der Waals surface area contributed by atoms with Gasteiger partial charge in [0, 0.05) is 26.2 Å². The Morgan fingerprint density at radius 3 is 2.50 bits per heavy atom. The lowest BCUT2D eigenvalue weighted by Gasteiger charge is -2.29. The van der Waals surface area contributed by atoms with Crippen molar-refractivity contribution in [2.45, 2.75) is 38.6 Å². The van der Waals surface area contributed by atoms with Crippen LogP contribution in [0.4, 0.5) is 0 Å². The zero-order valence-electron chi connectivity index (χ0n) is 18.2. The van der Waals surface area contributed by atoms with Crippen LogP contribution < -0.4 is 15.4 Å². The molecule has 30 heavy (non-hydrogen) atoms. The predicted octanol–water partition coefficient (Wildman–Crippen LogP) is 2.63. The van der Waals surface area contributed by atoms with Crippen molar-refractivity contribution >= 4 is 35.8 Å². The number of hydrogen-bond acceptors (Lipinski definition) is 4. The van der Waals surface area contributed by atoms with Crippen LogP contribution in [0, 0.1) is 0 Å². The fourth-order valence-electron chi connectivity index (χ4n) is 4.11. The number of nitrogens with zero attached hydrogens (tertiary/aromatic N) is 3. The van der Waals surface area contributed by atoms with Crippen LogP contribution in [-0.4, -0.2) is 74.6 Å². The quantitative estimate of drug-likeness (QED) is 0.308. The number of nitrogens with one attached hydrogen (secondary N) is 2. The predicted molar refractivity (Wildman–Crippen MR) is 132 cm³/mol. The molecule has 2 aliphatic heterocycles. The third-order valence-electron chi connectivity index (χ3n) is 5.70. The monoisotopic (exact) mass is 529 g/mol. The highest BCUT2D eigenvalue weighted by Gasteiger charge is 2.24. The van der Waals surface area contributed by atoms with Crippen molar-refractivity contribution in [3.05, 3.63) is 29.8 Å². The first-order valence-electron chi connectivity index (χ1n) is 10.9. The highest BCUT2D eigenvalue weighted by Crippen LogP contribution is 2.27. The molecule has 2 heterocycles. The third kappa shape index (κ3) is 7.01. The topological polar surface area (TPSA) is 69.2 Å². The number of methoxy groups -OCH3 is 1. The smallest absolute Gasteiger partial charge is 0.244 e. The van der Waals surface area contributed by atoms with Gasteiger partial charge in [-0.2, -0.15) is 0 Å². The van der Waals surface area contributed by atoms with E-state index in [2.05, 4.69) is 32.7 Å². The molecule has 2 aliphatic rings. The van der Waals surface area contributed by atoms with E-state index in [1.807, 2.05) is 24.0 Å². The maximum atomic E-state index is 12.3. The van der Waals surface area contributed by atoms with Crippen molar-refractivity contribution in [1.29, 1.82) is 0 Å². The zero-order chi connectivity index (χ0) is 20.5. The van der Waals surface area contributed by atoms with Gasteiger partial charge in [0.1, 0.15) is 12.3 Å². The number of aliphatic imine (C=N–C) groups is 1. The Bertz CT molecular complexity index is 688. The van der Waals surface area contributed by atoms with Gasteiger partial charge in [0.25, 0.3) is 0 Å². The van der Waals surface area contributed by atoms with E-state index in [0.29, 0.717) is 5.96 Å².